The van der Waals surface area contributed by atoms with Crippen LogP contribution in [0.1, 0.15) is 33.6 Å². The van der Waals surface area contributed by atoms with Crippen molar-refractivity contribution in [3.05, 3.63) is 52.3 Å². The van der Waals surface area contributed by atoms with Gasteiger partial charge in [0.1, 0.15) is 6.04 Å². The van der Waals surface area contributed by atoms with Crippen molar-refractivity contribution in [1.29, 1.82) is 0 Å². The van der Waals surface area contributed by atoms with E-state index in [1.807, 2.05) is 0 Å². The van der Waals surface area contributed by atoms with E-state index in [-0.39, 0.29) is 17.7 Å². The predicted molar refractivity (Wildman–Crippen MR) is 99.0 cm³/mol. The number of benzene rings is 1. The van der Waals surface area contributed by atoms with E-state index in [0.29, 0.717) is 39.9 Å². The number of amides is 3. The van der Waals surface area contributed by atoms with Gasteiger partial charge in [-0.05, 0) is 53.0 Å². The number of fused-ring (bicyclic) bond motifs is 2. The summed E-state index contributed by atoms with van der Waals surface area (Å²) in [6.07, 6.45) is 4.53. The summed E-state index contributed by atoms with van der Waals surface area (Å²) in [5, 5.41) is 5.58. The number of carbonyl (C=O) groups excluding carboxylic acids is 3. The first-order valence-electron chi connectivity index (χ1n) is 8.21. The molecule has 8 heteroatoms. The highest BCUT2D eigenvalue weighted by molar-refractivity contribution is 9.10. The average molecular weight is 415 g/mol. The fourth-order valence-corrected chi connectivity index (χ4v) is 3.67. The summed E-state index contributed by atoms with van der Waals surface area (Å²) in [6, 6.07) is 6.14. The first kappa shape index (κ1) is 16.7. The molecular weight excluding hydrogens is 400 g/mol. The minimum absolute atomic E-state index is 0.161. The van der Waals surface area contributed by atoms with Gasteiger partial charge in [0.05, 0.1) is 16.8 Å². The van der Waals surface area contributed by atoms with Crippen molar-refractivity contribution in [3.63, 3.8) is 0 Å². The van der Waals surface area contributed by atoms with Crippen LogP contribution in [0.5, 0.6) is 0 Å². The zero-order chi connectivity index (χ0) is 18.3. The summed E-state index contributed by atoms with van der Waals surface area (Å²) < 4.78 is 0.699. The second-order valence-corrected chi connectivity index (χ2v) is 7.17. The fraction of sp³-hybridized carbons (Fsp3) is 0.222. The normalized spacial score (nSPS) is 18.7. The maximum absolute atomic E-state index is 12.8. The monoisotopic (exact) mass is 414 g/mol. The van der Waals surface area contributed by atoms with E-state index in [1.54, 1.807) is 35.4 Å². The van der Waals surface area contributed by atoms with Crippen molar-refractivity contribution in [3.8, 4) is 0 Å². The summed E-state index contributed by atoms with van der Waals surface area (Å²) in [7, 11) is 0. The lowest BCUT2D eigenvalue weighted by Crippen LogP contribution is -2.40. The van der Waals surface area contributed by atoms with Gasteiger partial charge in [-0.1, -0.05) is 0 Å². The highest BCUT2D eigenvalue weighted by Gasteiger charge is 2.38. The lowest BCUT2D eigenvalue weighted by molar-refractivity contribution is -0.119. The molecule has 26 heavy (non-hydrogen) atoms. The second kappa shape index (κ2) is 6.53. The molecule has 1 atom stereocenters. The van der Waals surface area contributed by atoms with Crippen LogP contribution in [0.15, 0.2) is 41.1 Å². The van der Waals surface area contributed by atoms with E-state index in [9.17, 15) is 14.4 Å². The van der Waals surface area contributed by atoms with Gasteiger partial charge in [-0.3, -0.25) is 19.4 Å². The van der Waals surface area contributed by atoms with Crippen LogP contribution in [0, 0.1) is 0 Å². The number of aromatic nitrogens is 1. The number of pyridine rings is 1. The van der Waals surface area contributed by atoms with E-state index < -0.39 is 6.04 Å². The van der Waals surface area contributed by atoms with Gasteiger partial charge < -0.3 is 15.5 Å². The average Bonchev–Trinajstić information content (AvgIpc) is 3.09. The first-order chi connectivity index (χ1) is 12.5. The minimum atomic E-state index is -0.416. The molecule has 0 aliphatic carbocycles. The molecule has 0 saturated carbocycles. The molecule has 3 heterocycles. The number of anilines is 2. The summed E-state index contributed by atoms with van der Waals surface area (Å²) in [5.41, 5.74) is 1.73. The van der Waals surface area contributed by atoms with E-state index >= 15 is 0 Å². The molecule has 0 bridgehead atoms. The number of nitrogens with one attached hydrogen (secondary N) is 2. The Morgan fingerprint density at radius 3 is 2.92 bits per heavy atom. The molecule has 3 amide bonds. The lowest BCUT2D eigenvalue weighted by atomic mass is 10.1. The molecule has 1 aromatic carbocycles. The lowest BCUT2D eigenvalue weighted by Gasteiger charge is -2.20. The van der Waals surface area contributed by atoms with Gasteiger partial charge in [-0.2, -0.15) is 0 Å². The molecule has 132 valence electrons. The quantitative estimate of drug-likeness (QED) is 0.789. The number of hydrogen-bond donors (Lipinski definition) is 2. The summed E-state index contributed by atoms with van der Waals surface area (Å²) >= 11 is 3.28. The Morgan fingerprint density at radius 2 is 2.12 bits per heavy atom. The predicted octanol–water partition coefficient (Wildman–Crippen LogP) is 2.65. The van der Waals surface area contributed by atoms with Crippen LogP contribution in [0.2, 0.25) is 0 Å². The second-order valence-electron chi connectivity index (χ2n) is 6.25. The van der Waals surface area contributed by atoms with Crippen LogP contribution in [0.25, 0.3) is 0 Å². The van der Waals surface area contributed by atoms with E-state index in [0.717, 1.165) is 6.42 Å². The third-order valence-corrected chi connectivity index (χ3v) is 4.98. The highest BCUT2D eigenvalue weighted by Crippen LogP contribution is 2.30. The Hall–Kier alpha value is -2.74. The molecule has 7 nitrogen and oxygen atoms in total. The van der Waals surface area contributed by atoms with Crippen LogP contribution in [0.3, 0.4) is 0 Å². The molecule has 1 aromatic heterocycles. The van der Waals surface area contributed by atoms with Crippen molar-refractivity contribution < 1.29 is 14.4 Å². The van der Waals surface area contributed by atoms with Crippen molar-refractivity contribution in [2.75, 3.05) is 17.2 Å². The fourth-order valence-electron chi connectivity index (χ4n) is 3.30. The summed E-state index contributed by atoms with van der Waals surface area (Å²) in [4.78, 5) is 43.1. The van der Waals surface area contributed by atoms with Crippen molar-refractivity contribution in [2.45, 2.75) is 18.9 Å². The Morgan fingerprint density at radius 1 is 1.27 bits per heavy atom. The molecule has 1 unspecified atom stereocenters. The first-order valence-corrected chi connectivity index (χ1v) is 9.00. The van der Waals surface area contributed by atoms with Gasteiger partial charge in [-0.15, -0.1) is 0 Å². The Bertz CT molecular complexity index is 930. The van der Waals surface area contributed by atoms with E-state index in [2.05, 4.69) is 31.5 Å². The van der Waals surface area contributed by atoms with Crippen molar-refractivity contribution >= 4 is 45.0 Å². The van der Waals surface area contributed by atoms with Gasteiger partial charge in [0.15, 0.2) is 0 Å². The number of hydrogen-bond acceptors (Lipinski definition) is 4. The van der Waals surface area contributed by atoms with Crippen LogP contribution in [-0.4, -0.2) is 40.2 Å². The molecule has 1 saturated heterocycles. The summed E-state index contributed by atoms with van der Waals surface area (Å²) in [5.74, 6) is -0.685. The van der Waals surface area contributed by atoms with Gasteiger partial charge in [0.25, 0.3) is 11.8 Å². The highest BCUT2D eigenvalue weighted by atomic mass is 79.9. The number of halogens is 1. The SMILES string of the molecule is O=C(Nc1ccc2c(c1)C(=O)N1CCCC1C(=O)N2)c1cncc(Br)c1. The minimum Gasteiger partial charge on any atom is -0.327 e. The zero-order valence-corrected chi connectivity index (χ0v) is 15.2. The largest absolute Gasteiger partial charge is 0.327 e. The van der Waals surface area contributed by atoms with Crippen LogP contribution in [0.4, 0.5) is 11.4 Å². The molecule has 2 aliphatic heterocycles. The van der Waals surface area contributed by atoms with Crippen LogP contribution >= 0.6 is 15.9 Å². The number of nitrogens with zero attached hydrogens (tertiary/aromatic N) is 2. The van der Waals surface area contributed by atoms with E-state index in [1.165, 1.54) is 6.20 Å². The third kappa shape index (κ3) is 2.96. The molecule has 2 aromatic rings. The smallest absolute Gasteiger partial charge is 0.257 e. The maximum Gasteiger partial charge on any atom is 0.257 e. The number of carbonyl (C=O) groups is 3. The molecular formula is C18H15BrN4O3. The Labute approximate surface area is 157 Å². The standard InChI is InChI=1S/C18H15BrN4O3/c19-11-6-10(8-20-9-11)16(24)21-12-3-4-14-13(7-12)18(26)23-5-1-2-15(23)17(25)22-14/h3-4,6-9,15H,1-2,5H2,(H,21,24)(H,22,25). The Balaban J connectivity index is 1.63. The zero-order valence-electron chi connectivity index (χ0n) is 13.7. The third-order valence-electron chi connectivity index (χ3n) is 4.55. The molecule has 0 radical (unpaired) electrons. The molecule has 1 fully saturated rings. The van der Waals surface area contributed by atoms with Crippen molar-refractivity contribution in [2.24, 2.45) is 0 Å². The number of rotatable bonds is 2. The molecule has 2 N–H and O–H groups in total. The molecule has 0 spiro atoms. The van der Waals surface area contributed by atoms with Gasteiger partial charge in [-0.25, -0.2) is 0 Å². The van der Waals surface area contributed by atoms with Crippen molar-refractivity contribution in [1.82, 2.24) is 9.88 Å². The van der Waals surface area contributed by atoms with Crippen LogP contribution in [-0.2, 0) is 4.79 Å². The maximum atomic E-state index is 12.8. The summed E-state index contributed by atoms with van der Waals surface area (Å²) in [6.45, 7) is 0.566. The van der Waals surface area contributed by atoms with Gasteiger partial charge in [0.2, 0.25) is 5.91 Å². The van der Waals surface area contributed by atoms with E-state index in [4.69, 9.17) is 0 Å². The van der Waals surface area contributed by atoms with Gasteiger partial charge in [0, 0.05) is 29.1 Å². The van der Waals surface area contributed by atoms with Crippen LogP contribution < -0.4 is 10.6 Å². The topological polar surface area (TPSA) is 91.4 Å². The Kier molecular flexibility index (Phi) is 4.20. The van der Waals surface area contributed by atoms with Gasteiger partial charge >= 0.3 is 0 Å². The molecule has 2 aliphatic rings. The molecule has 4 rings (SSSR count).